The number of thiazole rings is 1. The summed E-state index contributed by atoms with van der Waals surface area (Å²) in [5.41, 5.74) is 4.86. The Hall–Kier alpha value is -1.96. The lowest BCUT2D eigenvalue weighted by molar-refractivity contribution is -0.137. The molecule has 2 fully saturated rings. The predicted octanol–water partition coefficient (Wildman–Crippen LogP) is 5.05. The number of carbonyl (C=O) groups excluding carboxylic acids is 1. The Kier molecular flexibility index (Phi) is 6.99. The van der Waals surface area contributed by atoms with Crippen molar-refractivity contribution in [2.75, 3.05) is 38.6 Å². The fraction of sp³-hybridized carbons (Fsp3) is 0.615. The average Bonchev–Trinajstić information content (AvgIpc) is 3.51. The highest BCUT2D eigenvalue weighted by molar-refractivity contribution is 7.15. The Morgan fingerprint density at radius 1 is 1.15 bits per heavy atom. The summed E-state index contributed by atoms with van der Waals surface area (Å²) >= 11 is 1.76. The van der Waals surface area contributed by atoms with E-state index in [2.05, 4.69) is 40.2 Å². The first kappa shape index (κ1) is 22.8. The summed E-state index contributed by atoms with van der Waals surface area (Å²) in [6.45, 7) is 6.74. The lowest BCUT2D eigenvalue weighted by atomic mass is 10.0. The Bertz CT molecular complexity index is 977. The van der Waals surface area contributed by atoms with Gasteiger partial charge in [0.2, 0.25) is 5.91 Å². The van der Waals surface area contributed by atoms with E-state index >= 15 is 0 Å². The zero-order valence-corrected chi connectivity index (χ0v) is 20.8. The molecular weight excluding hydrogens is 432 g/mol. The van der Waals surface area contributed by atoms with Crippen molar-refractivity contribution in [3.8, 4) is 0 Å². The summed E-state index contributed by atoms with van der Waals surface area (Å²) in [7, 11) is 1.78. The Morgan fingerprint density at radius 2 is 1.94 bits per heavy atom. The Morgan fingerprint density at radius 3 is 2.70 bits per heavy atom. The molecule has 1 atom stereocenters. The van der Waals surface area contributed by atoms with Gasteiger partial charge in [-0.2, -0.15) is 0 Å². The first-order valence-corrected chi connectivity index (χ1v) is 13.3. The highest BCUT2D eigenvalue weighted by Crippen LogP contribution is 2.38. The number of hydrogen-bond acceptors (Lipinski definition) is 6. The SMILES string of the molecule is COC1CCCc2sc(Nc3cccc(CN4CCN(C(=O)C5CCCC5)CC4)c3C)nc21. The van der Waals surface area contributed by atoms with Crippen molar-refractivity contribution in [2.45, 2.75) is 64.5 Å². The lowest BCUT2D eigenvalue weighted by Gasteiger charge is -2.36. The number of aromatic nitrogens is 1. The molecule has 3 aliphatic rings. The van der Waals surface area contributed by atoms with Gasteiger partial charge in [0, 0.05) is 56.3 Å². The number of rotatable bonds is 6. The molecule has 0 radical (unpaired) electrons. The van der Waals surface area contributed by atoms with E-state index in [0.717, 1.165) is 74.9 Å². The summed E-state index contributed by atoms with van der Waals surface area (Å²) in [5, 5.41) is 4.55. The standard InChI is InChI=1S/C26H36N4O2S/c1-18-20(17-29-13-15-30(16-14-29)25(31)19-7-3-4-8-19)9-5-10-21(18)27-26-28-24-22(32-2)11-6-12-23(24)33-26/h5,9-10,19,22H,3-4,6-8,11-17H2,1-2H3,(H,27,28). The van der Waals surface area contributed by atoms with Crippen LogP contribution in [0.3, 0.4) is 0 Å². The van der Waals surface area contributed by atoms with Crippen LogP contribution in [0, 0.1) is 12.8 Å². The Balaban J connectivity index is 1.21. The van der Waals surface area contributed by atoms with Gasteiger partial charge < -0.3 is 15.0 Å². The maximum atomic E-state index is 12.7. The number of aryl methyl sites for hydroxylation is 1. The Labute approximate surface area is 201 Å². The number of fused-ring (bicyclic) bond motifs is 1. The molecule has 2 aromatic rings. The van der Waals surface area contributed by atoms with Crippen LogP contribution in [0.1, 0.15) is 66.3 Å². The van der Waals surface area contributed by atoms with Gasteiger partial charge in [-0.1, -0.05) is 25.0 Å². The van der Waals surface area contributed by atoms with Gasteiger partial charge in [-0.3, -0.25) is 9.69 Å². The third kappa shape index (κ3) is 4.96. The van der Waals surface area contributed by atoms with Crippen molar-refractivity contribution in [3.63, 3.8) is 0 Å². The van der Waals surface area contributed by atoms with Crippen LogP contribution < -0.4 is 5.32 Å². The molecule has 1 saturated heterocycles. The fourth-order valence-corrected chi connectivity index (χ4v) is 6.63. The molecule has 0 spiro atoms. The molecule has 2 aliphatic carbocycles. The summed E-state index contributed by atoms with van der Waals surface area (Å²) in [4.78, 5) is 23.6. The molecule has 1 aliphatic heterocycles. The minimum absolute atomic E-state index is 0.132. The third-order valence-electron chi connectivity index (χ3n) is 7.66. The van der Waals surface area contributed by atoms with E-state index in [-0.39, 0.29) is 12.0 Å². The van der Waals surface area contributed by atoms with E-state index in [1.54, 1.807) is 18.4 Å². The first-order valence-electron chi connectivity index (χ1n) is 12.5. The summed E-state index contributed by atoms with van der Waals surface area (Å²) in [5.74, 6) is 0.689. The maximum Gasteiger partial charge on any atom is 0.225 e. The molecule has 1 aromatic carbocycles. The molecule has 6 nitrogen and oxygen atoms in total. The van der Waals surface area contributed by atoms with E-state index in [4.69, 9.17) is 9.72 Å². The number of benzene rings is 1. The molecule has 33 heavy (non-hydrogen) atoms. The fourth-order valence-electron chi connectivity index (χ4n) is 5.57. The van der Waals surface area contributed by atoms with Crippen LogP contribution in [0.4, 0.5) is 10.8 Å². The van der Waals surface area contributed by atoms with E-state index in [0.29, 0.717) is 5.91 Å². The van der Waals surface area contributed by atoms with E-state index in [9.17, 15) is 4.79 Å². The molecule has 0 bridgehead atoms. The van der Waals surface area contributed by atoms with Gasteiger partial charge in [-0.05, 0) is 56.2 Å². The zero-order valence-electron chi connectivity index (χ0n) is 19.9. The summed E-state index contributed by atoms with van der Waals surface area (Å²) in [6, 6.07) is 6.51. The smallest absolute Gasteiger partial charge is 0.225 e. The van der Waals surface area contributed by atoms with Gasteiger partial charge in [-0.15, -0.1) is 11.3 Å². The van der Waals surface area contributed by atoms with Gasteiger partial charge in [0.05, 0.1) is 5.69 Å². The number of piperazine rings is 1. The third-order valence-corrected chi connectivity index (χ3v) is 8.70. The second kappa shape index (κ2) is 10.1. The van der Waals surface area contributed by atoms with Crippen molar-refractivity contribution < 1.29 is 9.53 Å². The molecule has 1 unspecified atom stereocenters. The number of hydrogen-bond donors (Lipinski definition) is 1. The largest absolute Gasteiger partial charge is 0.375 e. The van der Waals surface area contributed by atoms with Gasteiger partial charge in [-0.25, -0.2) is 4.98 Å². The van der Waals surface area contributed by atoms with Crippen molar-refractivity contribution in [2.24, 2.45) is 5.92 Å². The topological polar surface area (TPSA) is 57.7 Å². The molecule has 1 aromatic heterocycles. The minimum Gasteiger partial charge on any atom is -0.375 e. The van der Waals surface area contributed by atoms with Crippen molar-refractivity contribution in [1.82, 2.24) is 14.8 Å². The van der Waals surface area contributed by atoms with E-state index < -0.39 is 0 Å². The van der Waals surface area contributed by atoms with Crippen LogP contribution in [0.25, 0.3) is 0 Å². The summed E-state index contributed by atoms with van der Waals surface area (Å²) in [6.07, 6.45) is 8.07. The molecule has 1 amide bonds. The maximum absolute atomic E-state index is 12.7. The number of ether oxygens (including phenoxy) is 1. The van der Waals surface area contributed by atoms with Crippen LogP contribution in [0.15, 0.2) is 18.2 Å². The predicted molar refractivity (Wildman–Crippen MR) is 133 cm³/mol. The van der Waals surface area contributed by atoms with Crippen LogP contribution in [-0.4, -0.2) is 54.0 Å². The van der Waals surface area contributed by atoms with E-state index in [1.807, 2.05) is 0 Å². The van der Waals surface area contributed by atoms with Crippen LogP contribution in [0.5, 0.6) is 0 Å². The second-order valence-electron chi connectivity index (χ2n) is 9.74. The van der Waals surface area contributed by atoms with Crippen molar-refractivity contribution in [3.05, 3.63) is 39.9 Å². The van der Waals surface area contributed by atoms with Crippen LogP contribution in [0.2, 0.25) is 0 Å². The van der Waals surface area contributed by atoms with Crippen LogP contribution in [-0.2, 0) is 22.5 Å². The van der Waals surface area contributed by atoms with Crippen LogP contribution >= 0.6 is 11.3 Å². The molecule has 7 heteroatoms. The molecule has 5 rings (SSSR count). The summed E-state index contributed by atoms with van der Waals surface area (Å²) < 4.78 is 5.65. The van der Waals surface area contributed by atoms with Gasteiger partial charge in [0.15, 0.2) is 5.13 Å². The lowest BCUT2D eigenvalue weighted by Crippen LogP contribution is -2.49. The van der Waals surface area contributed by atoms with Gasteiger partial charge >= 0.3 is 0 Å². The molecule has 1 N–H and O–H groups in total. The first-order chi connectivity index (χ1) is 16.1. The monoisotopic (exact) mass is 468 g/mol. The number of amides is 1. The average molecular weight is 469 g/mol. The number of methoxy groups -OCH3 is 1. The number of nitrogens with zero attached hydrogens (tertiary/aromatic N) is 3. The molecule has 178 valence electrons. The highest BCUT2D eigenvalue weighted by Gasteiger charge is 2.29. The zero-order chi connectivity index (χ0) is 22.8. The van der Waals surface area contributed by atoms with Gasteiger partial charge in [0.1, 0.15) is 6.10 Å². The molecule has 2 heterocycles. The normalized spacial score (nSPS) is 21.9. The molecular formula is C26H36N4O2S. The van der Waals surface area contributed by atoms with Crippen molar-refractivity contribution in [1.29, 1.82) is 0 Å². The van der Waals surface area contributed by atoms with Gasteiger partial charge in [0.25, 0.3) is 0 Å². The molecule has 1 saturated carbocycles. The second-order valence-corrected chi connectivity index (χ2v) is 10.8. The number of anilines is 2. The van der Waals surface area contributed by atoms with Crippen molar-refractivity contribution >= 4 is 28.1 Å². The van der Waals surface area contributed by atoms with E-state index in [1.165, 1.54) is 35.3 Å². The number of nitrogens with one attached hydrogen (secondary N) is 1. The number of carbonyl (C=O) groups is 1. The highest BCUT2D eigenvalue weighted by atomic mass is 32.1. The quantitative estimate of drug-likeness (QED) is 0.643. The minimum atomic E-state index is 0.132.